The summed E-state index contributed by atoms with van der Waals surface area (Å²) in [6, 6.07) is 8.30. The Morgan fingerprint density at radius 3 is 2.81 bits per heavy atom. The second-order valence-electron chi connectivity index (χ2n) is 4.34. The lowest BCUT2D eigenvalue weighted by Crippen LogP contribution is -2.23. The second-order valence-corrected chi connectivity index (χ2v) is 7.11. The van der Waals surface area contributed by atoms with Crippen LogP contribution in [0.5, 0.6) is 0 Å². The summed E-state index contributed by atoms with van der Waals surface area (Å²) in [7, 11) is -3.57. The van der Waals surface area contributed by atoms with Crippen molar-refractivity contribution < 1.29 is 13.5 Å². The summed E-state index contributed by atoms with van der Waals surface area (Å²) in [4.78, 5) is 1.16. The number of aliphatic hydroxyl groups excluding tert-OH is 1. The van der Waals surface area contributed by atoms with Gasteiger partial charge in [-0.3, -0.25) is 0 Å². The predicted molar refractivity (Wildman–Crippen MR) is 83.5 cm³/mol. The molecule has 0 spiro atoms. The van der Waals surface area contributed by atoms with Crippen LogP contribution in [0.4, 0.5) is 0 Å². The molecule has 6 heteroatoms. The summed E-state index contributed by atoms with van der Waals surface area (Å²) in [6.45, 7) is 1.97. The normalized spacial score (nSPS) is 11.0. The molecule has 0 aliphatic carbocycles. The highest BCUT2D eigenvalue weighted by molar-refractivity contribution is 7.89. The van der Waals surface area contributed by atoms with Crippen LogP contribution in [0.15, 0.2) is 40.6 Å². The number of thiophene rings is 1. The van der Waals surface area contributed by atoms with Crippen molar-refractivity contribution in [2.75, 3.05) is 6.61 Å². The highest BCUT2D eigenvalue weighted by Gasteiger charge is 2.14. The fourth-order valence-corrected chi connectivity index (χ4v) is 3.69. The van der Waals surface area contributed by atoms with Gasteiger partial charge in [0.2, 0.25) is 10.0 Å². The van der Waals surface area contributed by atoms with Gasteiger partial charge in [0.1, 0.15) is 6.61 Å². The molecule has 4 nitrogen and oxygen atoms in total. The molecule has 0 saturated carbocycles. The van der Waals surface area contributed by atoms with Gasteiger partial charge in [-0.1, -0.05) is 17.9 Å². The Kier molecular flexibility index (Phi) is 5.15. The van der Waals surface area contributed by atoms with Gasteiger partial charge in [-0.25, -0.2) is 13.1 Å². The molecule has 0 radical (unpaired) electrons. The minimum Gasteiger partial charge on any atom is -0.384 e. The number of hydrogen-bond donors (Lipinski definition) is 2. The van der Waals surface area contributed by atoms with Gasteiger partial charge >= 0.3 is 0 Å². The lowest BCUT2D eigenvalue weighted by Gasteiger charge is -2.06. The molecule has 0 unspecified atom stereocenters. The topological polar surface area (TPSA) is 66.4 Å². The Labute approximate surface area is 128 Å². The Balaban J connectivity index is 2.17. The molecule has 0 amide bonds. The van der Waals surface area contributed by atoms with Crippen molar-refractivity contribution in [3.8, 4) is 11.8 Å². The average molecular weight is 321 g/mol. The van der Waals surface area contributed by atoms with E-state index in [9.17, 15) is 8.42 Å². The third-order valence-electron chi connectivity index (χ3n) is 2.85. The van der Waals surface area contributed by atoms with Crippen LogP contribution in [-0.2, 0) is 16.6 Å². The van der Waals surface area contributed by atoms with E-state index in [1.165, 1.54) is 23.5 Å². The van der Waals surface area contributed by atoms with Crippen molar-refractivity contribution in [2.45, 2.75) is 18.4 Å². The molecular weight excluding hydrogens is 306 g/mol. The Hall–Kier alpha value is -1.65. The molecule has 1 aromatic carbocycles. The van der Waals surface area contributed by atoms with Crippen LogP contribution in [-0.4, -0.2) is 20.1 Å². The largest absolute Gasteiger partial charge is 0.384 e. The third kappa shape index (κ3) is 4.16. The maximum Gasteiger partial charge on any atom is 0.240 e. The predicted octanol–water partition coefficient (Wildman–Crippen LogP) is 1.88. The van der Waals surface area contributed by atoms with E-state index in [-0.39, 0.29) is 18.0 Å². The molecule has 2 rings (SSSR count). The molecule has 2 N–H and O–H groups in total. The van der Waals surface area contributed by atoms with E-state index >= 15 is 0 Å². The number of benzene rings is 1. The summed E-state index contributed by atoms with van der Waals surface area (Å²) in [6.07, 6.45) is 0. The third-order valence-corrected chi connectivity index (χ3v) is 5.27. The van der Waals surface area contributed by atoms with Crippen LogP contribution in [0.2, 0.25) is 0 Å². The zero-order valence-electron chi connectivity index (χ0n) is 11.5. The van der Waals surface area contributed by atoms with Gasteiger partial charge in [0.05, 0.1) is 4.90 Å². The molecule has 0 aliphatic heterocycles. The Morgan fingerprint density at radius 2 is 2.14 bits per heavy atom. The molecule has 0 aliphatic rings. The lowest BCUT2D eigenvalue weighted by molar-refractivity contribution is 0.350. The van der Waals surface area contributed by atoms with Gasteiger partial charge in [0.15, 0.2) is 0 Å². The summed E-state index contributed by atoms with van der Waals surface area (Å²) in [5.74, 6) is 5.19. The van der Waals surface area contributed by atoms with Gasteiger partial charge in [0.25, 0.3) is 0 Å². The number of hydrogen-bond acceptors (Lipinski definition) is 4. The maximum atomic E-state index is 12.3. The van der Waals surface area contributed by atoms with E-state index in [1.54, 1.807) is 12.1 Å². The summed E-state index contributed by atoms with van der Waals surface area (Å²) < 4.78 is 27.1. The van der Waals surface area contributed by atoms with Crippen molar-refractivity contribution >= 4 is 21.4 Å². The van der Waals surface area contributed by atoms with Crippen molar-refractivity contribution in [1.82, 2.24) is 4.72 Å². The molecule has 21 heavy (non-hydrogen) atoms. The first-order valence-corrected chi connectivity index (χ1v) is 8.61. The smallest absolute Gasteiger partial charge is 0.240 e. The van der Waals surface area contributed by atoms with Crippen LogP contribution in [0.3, 0.4) is 0 Å². The number of sulfonamides is 1. The van der Waals surface area contributed by atoms with Gasteiger partial charge in [-0.2, -0.15) is 0 Å². The number of rotatable bonds is 4. The minimum atomic E-state index is -3.57. The molecule has 2 aromatic rings. The maximum absolute atomic E-state index is 12.3. The van der Waals surface area contributed by atoms with E-state index in [0.29, 0.717) is 5.56 Å². The molecule has 0 bridgehead atoms. The fourth-order valence-electron chi connectivity index (χ4n) is 1.71. The van der Waals surface area contributed by atoms with E-state index < -0.39 is 10.0 Å². The van der Waals surface area contributed by atoms with Crippen molar-refractivity contribution in [3.63, 3.8) is 0 Å². The molecule has 0 saturated heterocycles. The van der Waals surface area contributed by atoms with Gasteiger partial charge in [-0.15, -0.1) is 11.3 Å². The Morgan fingerprint density at radius 1 is 1.33 bits per heavy atom. The first-order valence-electron chi connectivity index (χ1n) is 6.25. The SMILES string of the molecule is Cc1ccsc1CNS(=O)(=O)c1cccc(C#CCO)c1. The van der Waals surface area contributed by atoms with Crippen molar-refractivity contribution in [1.29, 1.82) is 0 Å². The van der Waals surface area contributed by atoms with E-state index in [4.69, 9.17) is 5.11 Å². The minimum absolute atomic E-state index is 0.168. The van der Waals surface area contributed by atoms with Crippen LogP contribution in [0.1, 0.15) is 16.0 Å². The molecule has 1 aromatic heterocycles. The lowest BCUT2D eigenvalue weighted by atomic mass is 10.2. The highest BCUT2D eigenvalue weighted by Crippen LogP contribution is 2.17. The number of nitrogens with one attached hydrogen (secondary N) is 1. The summed E-state index contributed by atoms with van der Waals surface area (Å²) >= 11 is 1.52. The quantitative estimate of drug-likeness (QED) is 0.845. The van der Waals surface area contributed by atoms with Gasteiger partial charge in [0, 0.05) is 17.0 Å². The zero-order chi connectivity index (χ0) is 15.3. The summed E-state index contributed by atoms with van der Waals surface area (Å²) in [5.41, 5.74) is 1.63. The molecule has 110 valence electrons. The molecule has 0 fully saturated rings. The first kappa shape index (κ1) is 15.7. The van der Waals surface area contributed by atoms with E-state index in [1.807, 2.05) is 18.4 Å². The standard InChI is InChI=1S/C15H15NO3S2/c1-12-7-9-20-15(12)11-16-21(18,19)14-6-2-4-13(10-14)5-3-8-17/h2,4,6-7,9-10,16-17H,8,11H2,1H3. The summed E-state index contributed by atoms with van der Waals surface area (Å²) in [5, 5.41) is 10.6. The zero-order valence-corrected chi connectivity index (χ0v) is 13.1. The molecular formula is C15H15NO3S2. The fraction of sp³-hybridized carbons (Fsp3) is 0.200. The highest BCUT2D eigenvalue weighted by atomic mass is 32.2. The van der Waals surface area contributed by atoms with Crippen molar-refractivity contribution in [3.05, 3.63) is 51.7 Å². The first-order chi connectivity index (χ1) is 10.0. The number of aryl methyl sites for hydroxylation is 1. The number of aliphatic hydroxyl groups is 1. The van der Waals surface area contributed by atoms with E-state index in [0.717, 1.165) is 10.4 Å². The molecule has 0 atom stereocenters. The molecule has 1 heterocycles. The monoisotopic (exact) mass is 321 g/mol. The van der Waals surface area contributed by atoms with Crippen molar-refractivity contribution in [2.24, 2.45) is 0 Å². The average Bonchev–Trinajstić information content (AvgIpc) is 2.89. The van der Waals surface area contributed by atoms with Crippen LogP contribution in [0.25, 0.3) is 0 Å². The van der Waals surface area contributed by atoms with Crippen LogP contribution in [0, 0.1) is 18.8 Å². The van der Waals surface area contributed by atoms with Crippen LogP contribution < -0.4 is 4.72 Å². The second kappa shape index (κ2) is 6.87. The van der Waals surface area contributed by atoms with Gasteiger partial charge < -0.3 is 5.11 Å². The van der Waals surface area contributed by atoms with Crippen LogP contribution >= 0.6 is 11.3 Å². The van der Waals surface area contributed by atoms with E-state index in [2.05, 4.69) is 16.6 Å². The Bertz CT molecular complexity index is 782. The van der Waals surface area contributed by atoms with Gasteiger partial charge in [-0.05, 0) is 42.1 Å².